The maximum absolute atomic E-state index is 11.7. The molecular formula is C16H16O2. The van der Waals surface area contributed by atoms with Crippen LogP contribution in [0.25, 0.3) is 10.8 Å². The number of ketones is 1. The van der Waals surface area contributed by atoms with E-state index in [0.717, 1.165) is 30.4 Å². The number of carbonyl (C=O) groups is 1. The molecule has 1 unspecified atom stereocenters. The van der Waals surface area contributed by atoms with Crippen molar-refractivity contribution >= 4 is 16.6 Å². The van der Waals surface area contributed by atoms with Gasteiger partial charge in [0.2, 0.25) is 0 Å². The molecule has 18 heavy (non-hydrogen) atoms. The van der Waals surface area contributed by atoms with Crippen molar-refractivity contribution in [3.8, 4) is 5.75 Å². The predicted molar refractivity (Wildman–Crippen MR) is 71.8 cm³/mol. The maximum Gasteiger partial charge on any atom is 0.173 e. The summed E-state index contributed by atoms with van der Waals surface area (Å²) >= 11 is 0. The number of ether oxygens (including phenoxy) is 1. The number of Topliss-reactive ketones (excluding diaryl/α,β-unsaturated/α-hetero) is 1. The molecule has 0 amide bonds. The largest absolute Gasteiger partial charge is 0.483 e. The molecule has 1 atom stereocenters. The Hall–Kier alpha value is -1.83. The van der Waals surface area contributed by atoms with Crippen LogP contribution >= 0.6 is 0 Å². The first-order valence-electron chi connectivity index (χ1n) is 6.51. The predicted octanol–water partition coefficient (Wildman–Crippen LogP) is 3.73. The maximum atomic E-state index is 11.7. The minimum Gasteiger partial charge on any atom is -0.483 e. The van der Waals surface area contributed by atoms with Gasteiger partial charge in [-0.2, -0.15) is 0 Å². The summed E-state index contributed by atoms with van der Waals surface area (Å²) in [4.78, 5) is 11.7. The second-order valence-electron chi connectivity index (χ2n) is 4.83. The van der Waals surface area contributed by atoms with E-state index in [-0.39, 0.29) is 11.9 Å². The van der Waals surface area contributed by atoms with Crippen molar-refractivity contribution in [3.05, 3.63) is 42.5 Å². The fraction of sp³-hybridized carbons (Fsp3) is 0.312. The fourth-order valence-electron chi connectivity index (χ4n) is 2.48. The average molecular weight is 240 g/mol. The monoisotopic (exact) mass is 240 g/mol. The van der Waals surface area contributed by atoms with Gasteiger partial charge >= 0.3 is 0 Å². The molecule has 2 heteroatoms. The lowest BCUT2D eigenvalue weighted by molar-refractivity contribution is -0.127. The third-order valence-corrected chi connectivity index (χ3v) is 3.50. The van der Waals surface area contributed by atoms with Gasteiger partial charge in [0.05, 0.1) is 0 Å². The van der Waals surface area contributed by atoms with Gasteiger partial charge in [0.1, 0.15) is 5.75 Å². The van der Waals surface area contributed by atoms with Crippen LogP contribution in [0.1, 0.15) is 25.7 Å². The van der Waals surface area contributed by atoms with E-state index in [4.69, 9.17) is 4.74 Å². The van der Waals surface area contributed by atoms with E-state index in [2.05, 4.69) is 12.1 Å². The summed E-state index contributed by atoms with van der Waals surface area (Å²) in [5, 5.41) is 2.35. The smallest absolute Gasteiger partial charge is 0.173 e. The second-order valence-corrected chi connectivity index (χ2v) is 4.83. The van der Waals surface area contributed by atoms with E-state index in [9.17, 15) is 4.79 Å². The average Bonchev–Trinajstić information content (AvgIpc) is 2.41. The van der Waals surface area contributed by atoms with Gasteiger partial charge in [-0.15, -0.1) is 0 Å². The van der Waals surface area contributed by atoms with Gasteiger partial charge in [-0.3, -0.25) is 4.79 Å². The first-order chi connectivity index (χ1) is 8.83. The van der Waals surface area contributed by atoms with E-state index in [1.54, 1.807) is 0 Å². The standard InChI is InChI=1S/C16H16O2/c17-15-7-3-4-8-16(15)18-14-10-9-12-5-1-2-6-13(12)11-14/h1-2,5-6,9-11,16H,3-4,7-8H2. The Labute approximate surface area is 107 Å². The lowest BCUT2D eigenvalue weighted by Crippen LogP contribution is -2.30. The highest BCUT2D eigenvalue weighted by molar-refractivity contribution is 5.85. The molecule has 1 aliphatic carbocycles. The molecule has 0 aromatic heterocycles. The molecule has 3 rings (SSSR count). The van der Waals surface area contributed by atoms with Crippen molar-refractivity contribution in [2.45, 2.75) is 31.8 Å². The Morgan fingerprint density at radius 1 is 1.00 bits per heavy atom. The normalized spacial score (nSPS) is 20.0. The molecule has 92 valence electrons. The Balaban J connectivity index is 1.83. The minimum absolute atomic E-state index is 0.236. The summed E-state index contributed by atoms with van der Waals surface area (Å²) in [5.74, 6) is 1.04. The topological polar surface area (TPSA) is 26.3 Å². The number of rotatable bonds is 2. The summed E-state index contributed by atoms with van der Waals surface area (Å²) in [6, 6.07) is 14.2. The third-order valence-electron chi connectivity index (χ3n) is 3.50. The van der Waals surface area contributed by atoms with E-state index >= 15 is 0 Å². The van der Waals surface area contributed by atoms with Crippen LogP contribution in [0.2, 0.25) is 0 Å². The zero-order valence-corrected chi connectivity index (χ0v) is 10.3. The van der Waals surface area contributed by atoms with Crippen molar-refractivity contribution in [1.29, 1.82) is 0 Å². The lowest BCUT2D eigenvalue weighted by Gasteiger charge is -2.21. The van der Waals surface area contributed by atoms with Crippen LogP contribution in [-0.2, 0) is 4.79 Å². The van der Waals surface area contributed by atoms with Gasteiger partial charge in [-0.05, 0) is 42.2 Å². The van der Waals surface area contributed by atoms with Gasteiger partial charge < -0.3 is 4.74 Å². The number of fused-ring (bicyclic) bond motifs is 1. The third kappa shape index (κ3) is 2.23. The molecule has 2 nitrogen and oxygen atoms in total. The molecule has 2 aromatic carbocycles. The Bertz CT molecular complexity index is 574. The molecule has 0 bridgehead atoms. The van der Waals surface area contributed by atoms with E-state index < -0.39 is 0 Å². The van der Waals surface area contributed by atoms with Crippen LogP contribution in [0, 0.1) is 0 Å². The van der Waals surface area contributed by atoms with Crippen molar-refractivity contribution in [2.75, 3.05) is 0 Å². The number of hydrogen-bond acceptors (Lipinski definition) is 2. The van der Waals surface area contributed by atoms with Crippen LogP contribution in [0.15, 0.2) is 42.5 Å². The van der Waals surface area contributed by atoms with E-state index in [0.29, 0.717) is 6.42 Å². The lowest BCUT2D eigenvalue weighted by atomic mass is 9.96. The van der Waals surface area contributed by atoms with Crippen molar-refractivity contribution < 1.29 is 9.53 Å². The van der Waals surface area contributed by atoms with Crippen LogP contribution in [0.5, 0.6) is 5.75 Å². The summed E-state index contributed by atoms with van der Waals surface area (Å²) in [6.07, 6.45) is 3.38. The molecular weight excluding hydrogens is 224 g/mol. The Morgan fingerprint density at radius 2 is 1.83 bits per heavy atom. The van der Waals surface area contributed by atoms with Crippen LogP contribution < -0.4 is 4.74 Å². The van der Waals surface area contributed by atoms with Gasteiger partial charge in [0, 0.05) is 6.42 Å². The summed E-state index contributed by atoms with van der Waals surface area (Å²) < 4.78 is 5.83. The van der Waals surface area contributed by atoms with Gasteiger partial charge in [0.25, 0.3) is 0 Å². The second kappa shape index (κ2) is 4.81. The summed E-state index contributed by atoms with van der Waals surface area (Å²) in [6.45, 7) is 0. The zero-order valence-electron chi connectivity index (χ0n) is 10.3. The van der Waals surface area contributed by atoms with E-state index in [1.807, 2.05) is 30.3 Å². The van der Waals surface area contributed by atoms with Crippen molar-refractivity contribution in [3.63, 3.8) is 0 Å². The van der Waals surface area contributed by atoms with E-state index in [1.165, 1.54) is 5.39 Å². The molecule has 0 heterocycles. The molecule has 2 aromatic rings. The number of carbonyl (C=O) groups excluding carboxylic acids is 1. The highest BCUT2D eigenvalue weighted by Crippen LogP contribution is 2.24. The number of hydrogen-bond donors (Lipinski definition) is 0. The van der Waals surface area contributed by atoms with Crippen molar-refractivity contribution in [1.82, 2.24) is 0 Å². The SMILES string of the molecule is O=C1CCCCC1Oc1ccc2ccccc2c1. The fourth-order valence-corrected chi connectivity index (χ4v) is 2.48. The molecule has 1 saturated carbocycles. The van der Waals surface area contributed by atoms with Gasteiger partial charge in [-0.1, -0.05) is 30.3 Å². The Kier molecular flexibility index (Phi) is 3.01. The number of benzene rings is 2. The molecule has 0 N–H and O–H groups in total. The quantitative estimate of drug-likeness (QED) is 0.799. The first-order valence-corrected chi connectivity index (χ1v) is 6.51. The summed E-state index contributed by atoms with van der Waals surface area (Å²) in [7, 11) is 0. The highest BCUT2D eigenvalue weighted by atomic mass is 16.5. The van der Waals surface area contributed by atoms with Crippen LogP contribution in [0.4, 0.5) is 0 Å². The Morgan fingerprint density at radius 3 is 2.67 bits per heavy atom. The minimum atomic E-state index is -0.236. The van der Waals surface area contributed by atoms with Crippen molar-refractivity contribution in [2.24, 2.45) is 0 Å². The van der Waals surface area contributed by atoms with Crippen LogP contribution in [0.3, 0.4) is 0 Å². The molecule has 0 radical (unpaired) electrons. The van der Waals surface area contributed by atoms with Gasteiger partial charge in [0.15, 0.2) is 11.9 Å². The molecule has 0 saturated heterocycles. The zero-order chi connectivity index (χ0) is 12.4. The molecule has 1 aliphatic rings. The highest BCUT2D eigenvalue weighted by Gasteiger charge is 2.23. The van der Waals surface area contributed by atoms with Gasteiger partial charge in [-0.25, -0.2) is 0 Å². The molecule has 0 spiro atoms. The first kappa shape index (κ1) is 11.3. The molecule has 1 fully saturated rings. The summed E-state index contributed by atoms with van der Waals surface area (Å²) in [5.41, 5.74) is 0. The van der Waals surface area contributed by atoms with Crippen LogP contribution in [-0.4, -0.2) is 11.9 Å². The molecule has 0 aliphatic heterocycles.